The minimum atomic E-state index is 0.233. The lowest BCUT2D eigenvalue weighted by molar-refractivity contribution is -0.102. The average molecular weight is 546 g/mol. The summed E-state index contributed by atoms with van der Waals surface area (Å²) in [6.07, 6.45) is 8.89. The summed E-state index contributed by atoms with van der Waals surface area (Å²) in [5.74, 6) is 2.86. The molecule has 0 unspecified atom stereocenters. The van der Waals surface area contributed by atoms with Crippen molar-refractivity contribution in [1.29, 1.82) is 0 Å². The van der Waals surface area contributed by atoms with Crippen LogP contribution in [0.2, 0.25) is 0 Å². The number of anilines is 1. The molecular weight excluding hydrogens is 510 g/mol. The normalized spacial score (nSPS) is 16.1. The Kier molecular flexibility index (Phi) is 8.11. The van der Waals surface area contributed by atoms with E-state index in [-0.39, 0.29) is 11.9 Å². The van der Waals surface area contributed by atoms with Crippen molar-refractivity contribution >= 4 is 35.4 Å². The minimum absolute atomic E-state index is 0.233. The zero-order valence-electron chi connectivity index (χ0n) is 23.1. The smallest absolute Gasteiger partial charge is 0.227 e. The van der Waals surface area contributed by atoms with E-state index in [4.69, 9.17) is 19.7 Å². The largest absolute Gasteiger partial charge is 0.480 e. The van der Waals surface area contributed by atoms with Crippen molar-refractivity contribution in [2.75, 3.05) is 25.3 Å². The molecule has 204 valence electrons. The van der Waals surface area contributed by atoms with Gasteiger partial charge in [-0.15, -0.1) is 11.8 Å². The topological polar surface area (TPSA) is 105 Å². The molecule has 0 spiro atoms. The highest BCUT2D eigenvalue weighted by molar-refractivity contribution is 7.98. The molecule has 2 aliphatic rings. The minimum Gasteiger partial charge on any atom is -0.480 e. The number of aldehydes is 1. The Morgan fingerprint density at radius 1 is 1.21 bits per heavy atom. The number of methoxy groups -OCH3 is 1. The van der Waals surface area contributed by atoms with E-state index in [0.717, 1.165) is 35.9 Å². The second kappa shape index (κ2) is 11.7. The summed E-state index contributed by atoms with van der Waals surface area (Å²) in [5, 5.41) is 3.19. The summed E-state index contributed by atoms with van der Waals surface area (Å²) in [6, 6.07) is 8.50. The van der Waals surface area contributed by atoms with E-state index in [0.29, 0.717) is 47.3 Å². The number of carbonyl (C=O) groups excluding carboxylic acids is 1. The van der Waals surface area contributed by atoms with Gasteiger partial charge < -0.3 is 15.0 Å². The first kappa shape index (κ1) is 27.1. The third-order valence-corrected chi connectivity index (χ3v) is 8.23. The van der Waals surface area contributed by atoms with Crippen molar-refractivity contribution in [1.82, 2.24) is 25.3 Å². The van der Waals surface area contributed by atoms with Crippen LogP contribution in [-0.4, -0.2) is 58.5 Å². The maximum absolute atomic E-state index is 12.1. The maximum atomic E-state index is 12.1. The molecule has 5 rings (SSSR count). The zero-order chi connectivity index (χ0) is 27.5. The number of aromatic nitrogens is 4. The van der Waals surface area contributed by atoms with Crippen molar-refractivity contribution in [3.63, 3.8) is 0 Å². The molecule has 9 nitrogen and oxygen atoms in total. The van der Waals surface area contributed by atoms with Gasteiger partial charge in [0.2, 0.25) is 5.88 Å². The van der Waals surface area contributed by atoms with Crippen LogP contribution in [0.3, 0.4) is 0 Å². The van der Waals surface area contributed by atoms with Gasteiger partial charge in [-0.1, -0.05) is 12.1 Å². The van der Waals surface area contributed by atoms with Crippen LogP contribution in [0.1, 0.15) is 55.5 Å². The first-order valence-corrected chi connectivity index (χ1v) is 14.6. The van der Waals surface area contributed by atoms with Gasteiger partial charge in [0.1, 0.15) is 17.6 Å². The fourth-order valence-corrected chi connectivity index (χ4v) is 5.11. The number of ether oxygens (including phenoxy) is 1. The number of nitrogens with zero attached hydrogens (tertiary/aromatic N) is 6. The standard InChI is InChI=1S/C29H35N7O2S/c1-17-25(34-23(15-37)30-14-19-6-12-22(39-5)13-7-19)28(36(3)18(2)20-8-9-20)35-27(33-17)24-26(21-10-11-21)31-16-32-29(24)38-4/h6-7,12-13,15-16,18,20-21H,8-11,14H2,1-5H3,(H,30,34)/t18-/m0/s1. The van der Waals surface area contributed by atoms with Gasteiger partial charge in [0.15, 0.2) is 23.8 Å². The molecule has 1 N–H and O–H groups in total. The van der Waals surface area contributed by atoms with Crippen molar-refractivity contribution in [3.05, 3.63) is 47.5 Å². The molecule has 1 atom stereocenters. The van der Waals surface area contributed by atoms with E-state index in [1.54, 1.807) is 25.2 Å². The van der Waals surface area contributed by atoms with E-state index < -0.39 is 0 Å². The highest BCUT2D eigenvalue weighted by atomic mass is 32.2. The molecule has 1 aromatic carbocycles. The van der Waals surface area contributed by atoms with E-state index in [2.05, 4.69) is 39.2 Å². The SMILES string of the molecule is COc1ncnc(C2CC2)c1-c1nc(C)c(/N=C(\C=O)NCc2ccc(SC)cc2)c(N(C)[C@@H](C)C2CC2)n1. The van der Waals surface area contributed by atoms with E-state index in [1.165, 1.54) is 17.7 Å². The van der Waals surface area contributed by atoms with Crippen LogP contribution in [0, 0.1) is 12.8 Å². The summed E-state index contributed by atoms with van der Waals surface area (Å²) in [5.41, 5.74) is 3.96. The Bertz CT molecular complexity index is 1370. The first-order valence-electron chi connectivity index (χ1n) is 13.3. The number of benzene rings is 1. The Labute approximate surface area is 233 Å². The number of thioether (sulfide) groups is 1. The molecular formula is C29H35N7O2S. The molecule has 3 aromatic rings. The predicted octanol–water partition coefficient (Wildman–Crippen LogP) is 5.10. The lowest BCUT2D eigenvalue weighted by Gasteiger charge is -2.28. The molecule has 2 aromatic heterocycles. The number of aryl methyl sites for hydroxylation is 1. The molecule has 0 bridgehead atoms. The predicted molar refractivity (Wildman–Crippen MR) is 155 cm³/mol. The lowest BCUT2D eigenvalue weighted by Crippen LogP contribution is -2.32. The Balaban J connectivity index is 1.54. The fourth-order valence-electron chi connectivity index (χ4n) is 4.71. The highest BCUT2D eigenvalue weighted by Crippen LogP contribution is 2.46. The van der Waals surface area contributed by atoms with Gasteiger partial charge in [-0.05, 0) is 69.4 Å². The Morgan fingerprint density at radius 2 is 1.95 bits per heavy atom. The highest BCUT2D eigenvalue weighted by Gasteiger charge is 2.34. The second-order valence-electron chi connectivity index (χ2n) is 10.2. The number of hydrogen-bond donors (Lipinski definition) is 1. The molecule has 0 aliphatic heterocycles. The van der Waals surface area contributed by atoms with Gasteiger partial charge in [-0.25, -0.2) is 24.9 Å². The molecule has 2 heterocycles. The van der Waals surface area contributed by atoms with Gasteiger partial charge in [-0.2, -0.15) is 0 Å². The monoisotopic (exact) mass is 545 g/mol. The van der Waals surface area contributed by atoms with Gasteiger partial charge in [0, 0.05) is 30.4 Å². The lowest BCUT2D eigenvalue weighted by atomic mass is 10.1. The van der Waals surface area contributed by atoms with Crippen molar-refractivity contribution in [3.8, 4) is 17.3 Å². The third kappa shape index (κ3) is 6.06. The molecule has 2 aliphatic carbocycles. The summed E-state index contributed by atoms with van der Waals surface area (Å²) in [4.78, 5) is 39.0. The molecule has 2 fully saturated rings. The van der Waals surface area contributed by atoms with Crippen LogP contribution in [0.25, 0.3) is 11.4 Å². The average Bonchev–Trinajstić information content (AvgIpc) is 3.88. The Hall–Kier alpha value is -3.53. The van der Waals surface area contributed by atoms with Crippen LogP contribution >= 0.6 is 11.8 Å². The van der Waals surface area contributed by atoms with E-state index >= 15 is 0 Å². The fraction of sp³-hybridized carbons (Fsp3) is 0.448. The number of hydrogen-bond acceptors (Lipinski definition) is 9. The number of carbonyl (C=O) groups is 1. The quantitative estimate of drug-likeness (QED) is 0.152. The molecule has 0 amide bonds. The number of amidine groups is 1. The van der Waals surface area contributed by atoms with E-state index in [9.17, 15) is 4.79 Å². The van der Waals surface area contributed by atoms with Crippen LogP contribution in [0.4, 0.5) is 11.5 Å². The van der Waals surface area contributed by atoms with Crippen LogP contribution in [0.5, 0.6) is 5.88 Å². The maximum Gasteiger partial charge on any atom is 0.227 e. The van der Waals surface area contributed by atoms with Crippen LogP contribution in [-0.2, 0) is 11.3 Å². The van der Waals surface area contributed by atoms with Gasteiger partial charge in [0.05, 0.1) is 18.5 Å². The zero-order valence-corrected chi connectivity index (χ0v) is 24.0. The Morgan fingerprint density at radius 3 is 2.56 bits per heavy atom. The second-order valence-corrected chi connectivity index (χ2v) is 11.1. The van der Waals surface area contributed by atoms with Crippen LogP contribution < -0.4 is 15.0 Å². The van der Waals surface area contributed by atoms with Gasteiger partial charge >= 0.3 is 0 Å². The van der Waals surface area contributed by atoms with Crippen LogP contribution in [0.15, 0.2) is 40.5 Å². The number of rotatable bonds is 11. The number of nitrogens with one attached hydrogen (secondary N) is 1. The van der Waals surface area contributed by atoms with Crippen molar-refractivity contribution in [2.24, 2.45) is 10.9 Å². The van der Waals surface area contributed by atoms with Crippen molar-refractivity contribution in [2.45, 2.75) is 62.9 Å². The molecule has 10 heteroatoms. The first-order chi connectivity index (χ1) is 18.9. The summed E-state index contributed by atoms with van der Waals surface area (Å²) < 4.78 is 5.63. The van der Waals surface area contributed by atoms with Crippen molar-refractivity contribution < 1.29 is 9.53 Å². The summed E-state index contributed by atoms with van der Waals surface area (Å²) in [6.45, 7) is 4.60. The summed E-state index contributed by atoms with van der Waals surface area (Å²) in [7, 11) is 3.64. The third-order valence-electron chi connectivity index (χ3n) is 7.49. The van der Waals surface area contributed by atoms with E-state index in [1.807, 2.05) is 32.4 Å². The molecule has 0 saturated heterocycles. The molecule has 2 saturated carbocycles. The number of aliphatic imine (C=N–C) groups is 1. The molecule has 39 heavy (non-hydrogen) atoms. The van der Waals surface area contributed by atoms with Gasteiger partial charge in [-0.3, -0.25) is 4.79 Å². The molecule has 0 radical (unpaired) electrons. The van der Waals surface area contributed by atoms with Gasteiger partial charge in [0.25, 0.3) is 0 Å². The summed E-state index contributed by atoms with van der Waals surface area (Å²) >= 11 is 1.70.